The summed E-state index contributed by atoms with van der Waals surface area (Å²) in [6, 6.07) is 7.05. The monoisotopic (exact) mass is 476 g/mol. The summed E-state index contributed by atoms with van der Waals surface area (Å²) in [6.45, 7) is 3.72. The lowest BCUT2D eigenvalue weighted by Crippen LogP contribution is -2.55. The summed E-state index contributed by atoms with van der Waals surface area (Å²) >= 11 is 1.27. The number of methoxy groups -OCH3 is 1. The minimum Gasteiger partial charge on any atom is -0.481 e. The van der Waals surface area contributed by atoms with Gasteiger partial charge in [-0.3, -0.25) is 19.4 Å². The Morgan fingerprint density at radius 3 is 2.12 bits per heavy atom. The quantitative estimate of drug-likeness (QED) is 0.432. The Balaban J connectivity index is 1.78. The van der Waals surface area contributed by atoms with Gasteiger partial charge in [-0.05, 0) is 18.2 Å². The number of aromatic nitrogens is 2. The lowest BCUT2D eigenvalue weighted by Gasteiger charge is -2.39. The fraction of sp³-hybridized carbons (Fsp3) is 0.409. The maximum absolute atomic E-state index is 11.8. The Hall–Kier alpha value is -3.34. The van der Waals surface area contributed by atoms with E-state index >= 15 is 0 Å². The van der Waals surface area contributed by atoms with E-state index in [2.05, 4.69) is 9.97 Å². The summed E-state index contributed by atoms with van der Waals surface area (Å²) in [4.78, 5) is 43.5. The van der Waals surface area contributed by atoms with E-state index in [-0.39, 0.29) is 5.75 Å². The van der Waals surface area contributed by atoms with E-state index in [0.717, 1.165) is 5.56 Å². The molecule has 0 spiro atoms. The Morgan fingerprint density at radius 1 is 0.879 bits per heavy atom. The topological polar surface area (TPSA) is 123 Å². The third-order valence-corrected chi connectivity index (χ3v) is 5.75. The molecule has 2 aromatic rings. The van der Waals surface area contributed by atoms with Crippen LogP contribution in [0.25, 0.3) is 11.3 Å². The molecular formula is C22H24N2O8S. The Bertz CT molecular complexity index is 983. The number of ether oxygens (including phenoxy) is 5. The van der Waals surface area contributed by atoms with Crippen LogP contribution in [0.5, 0.6) is 11.6 Å². The largest absolute Gasteiger partial charge is 0.481 e. The first kappa shape index (κ1) is 24.3. The first-order chi connectivity index (χ1) is 15.8. The molecule has 1 saturated heterocycles. The van der Waals surface area contributed by atoms with E-state index in [1.807, 2.05) is 6.07 Å². The van der Waals surface area contributed by atoms with Crippen molar-refractivity contribution in [3.05, 3.63) is 36.7 Å². The second-order valence-electron chi connectivity index (χ2n) is 7.08. The van der Waals surface area contributed by atoms with Crippen LogP contribution in [0.2, 0.25) is 0 Å². The van der Waals surface area contributed by atoms with Crippen LogP contribution in [0.15, 0.2) is 36.7 Å². The van der Waals surface area contributed by atoms with E-state index in [0.29, 0.717) is 17.3 Å². The molecule has 1 aliphatic rings. The zero-order chi connectivity index (χ0) is 24.0. The average Bonchev–Trinajstić information content (AvgIpc) is 2.77. The van der Waals surface area contributed by atoms with Crippen molar-refractivity contribution >= 4 is 29.7 Å². The molecule has 0 unspecified atom stereocenters. The summed E-state index contributed by atoms with van der Waals surface area (Å²) in [5.41, 5.74) is 0.754. The summed E-state index contributed by atoms with van der Waals surface area (Å²) in [6.07, 6.45) is 0.376. The van der Waals surface area contributed by atoms with Crippen LogP contribution in [0.3, 0.4) is 0 Å². The molecule has 0 aliphatic carbocycles. The molecule has 3 rings (SSSR count). The summed E-state index contributed by atoms with van der Waals surface area (Å²) < 4.78 is 27.1. The second kappa shape index (κ2) is 11.0. The molecule has 0 bridgehead atoms. The number of thioether (sulfide) groups is 1. The van der Waals surface area contributed by atoms with Crippen LogP contribution in [0, 0.1) is 0 Å². The smallest absolute Gasteiger partial charge is 0.303 e. The van der Waals surface area contributed by atoms with Gasteiger partial charge in [-0.15, -0.1) is 11.8 Å². The van der Waals surface area contributed by atoms with Crippen molar-refractivity contribution in [3.8, 4) is 22.9 Å². The molecule has 0 N–H and O–H groups in total. The van der Waals surface area contributed by atoms with Gasteiger partial charge in [-0.2, -0.15) is 0 Å². The number of hydrogen-bond acceptors (Lipinski definition) is 11. The van der Waals surface area contributed by atoms with Crippen molar-refractivity contribution in [1.82, 2.24) is 9.97 Å². The van der Waals surface area contributed by atoms with E-state index in [9.17, 15) is 14.4 Å². The highest BCUT2D eigenvalue weighted by Gasteiger charge is 2.47. The zero-order valence-electron chi connectivity index (χ0n) is 18.5. The number of nitrogens with zero attached hydrogens (tertiary/aromatic N) is 2. The number of carbonyl (C=O) groups excluding carboxylic acids is 3. The van der Waals surface area contributed by atoms with Crippen LogP contribution < -0.4 is 9.47 Å². The molecule has 1 aliphatic heterocycles. The Morgan fingerprint density at radius 2 is 1.58 bits per heavy atom. The molecule has 2 aromatic heterocycles. The lowest BCUT2D eigenvalue weighted by molar-refractivity contribution is -0.186. The Labute approximate surface area is 194 Å². The molecule has 0 radical (unpaired) electrons. The summed E-state index contributed by atoms with van der Waals surface area (Å²) in [5.74, 6) is -0.523. The van der Waals surface area contributed by atoms with Gasteiger partial charge in [0.15, 0.2) is 23.7 Å². The van der Waals surface area contributed by atoms with Gasteiger partial charge in [-0.1, -0.05) is 0 Å². The first-order valence-electron chi connectivity index (χ1n) is 10.0. The van der Waals surface area contributed by atoms with E-state index in [1.165, 1.54) is 38.7 Å². The summed E-state index contributed by atoms with van der Waals surface area (Å²) in [7, 11) is 1.54. The number of pyridine rings is 2. The molecule has 11 heteroatoms. The third-order valence-electron chi connectivity index (χ3n) is 4.53. The fourth-order valence-corrected chi connectivity index (χ4v) is 4.43. The molecular weight excluding hydrogens is 452 g/mol. The number of carbonyl (C=O) groups is 3. The molecule has 3 heterocycles. The minimum absolute atomic E-state index is 0.281. The molecule has 0 amide bonds. The highest BCUT2D eigenvalue weighted by Crippen LogP contribution is 2.34. The van der Waals surface area contributed by atoms with Crippen molar-refractivity contribution < 1.29 is 38.1 Å². The van der Waals surface area contributed by atoms with Gasteiger partial charge in [0, 0.05) is 44.4 Å². The van der Waals surface area contributed by atoms with Gasteiger partial charge in [-0.25, -0.2) is 4.98 Å². The fourth-order valence-electron chi connectivity index (χ4n) is 3.22. The van der Waals surface area contributed by atoms with Crippen molar-refractivity contribution in [2.75, 3.05) is 12.9 Å². The predicted molar refractivity (Wildman–Crippen MR) is 118 cm³/mol. The molecule has 4 atom stereocenters. The normalized spacial score (nSPS) is 22.1. The van der Waals surface area contributed by atoms with Gasteiger partial charge in [0.05, 0.1) is 19.0 Å². The zero-order valence-corrected chi connectivity index (χ0v) is 19.4. The number of hydrogen-bond donors (Lipinski definition) is 0. The van der Waals surface area contributed by atoms with Gasteiger partial charge in [0.2, 0.25) is 5.88 Å². The highest BCUT2D eigenvalue weighted by atomic mass is 32.2. The lowest BCUT2D eigenvalue weighted by atomic mass is 10.1. The van der Waals surface area contributed by atoms with Gasteiger partial charge in [0.1, 0.15) is 5.75 Å². The van der Waals surface area contributed by atoms with E-state index in [1.54, 1.807) is 31.5 Å². The molecule has 1 fully saturated rings. The van der Waals surface area contributed by atoms with Crippen LogP contribution in [0.4, 0.5) is 0 Å². The molecule has 0 saturated carbocycles. The first-order valence-corrected chi connectivity index (χ1v) is 11.1. The van der Waals surface area contributed by atoms with Gasteiger partial charge >= 0.3 is 17.9 Å². The molecule has 10 nitrogen and oxygen atoms in total. The highest BCUT2D eigenvalue weighted by molar-refractivity contribution is 7.99. The predicted octanol–water partition coefficient (Wildman–Crippen LogP) is 2.40. The Kier molecular flexibility index (Phi) is 8.10. The minimum atomic E-state index is -1.01. The second-order valence-corrected chi connectivity index (χ2v) is 8.22. The van der Waals surface area contributed by atoms with Crippen LogP contribution in [0.1, 0.15) is 20.8 Å². The van der Waals surface area contributed by atoms with Crippen molar-refractivity contribution in [2.24, 2.45) is 0 Å². The maximum Gasteiger partial charge on any atom is 0.303 e. The van der Waals surface area contributed by atoms with Crippen LogP contribution in [-0.2, 0) is 28.6 Å². The third kappa shape index (κ3) is 6.58. The van der Waals surface area contributed by atoms with E-state index in [4.69, 9.17) is 23.7 Å². The van der Waals surface area contributed by atoms with Gasteiger partial charge in [0.25, 0.3) is 0 Å². The standard InChI is InChI=1S/C22H24N2O8S/c1-12(25)29-18-11-33-22(21(31-14(3)27)20(18)30-13(2)26)32-16-6-7-17(23-10-16)15-5-8-19(28-4)24-9-15/h5-10,18,20-22H,11H2,1-4H3/t18-,20+,21-,22+/m1/s1. The van der Waals surface area contributed by atoms with Crippen LogP contribution >= 0.6 is 11.8 Å². The maximum atomic E-state index is 11.8. The summed E-state index contributed by atoms with van der Waals surface area (Å²) in [5, 5.41) is 0. The number of esters is 3. The van der Waals surface area contributed by atoms with Crippen molar-refractivity contribution in [1.29, 1.82) is 0 Å². The van der Waals surface area contributed by atoms with Gasteiger partial charge < -0.3 is 23.7 Å². The average molecular weight is 477 g/mol. The van der Waals surface area contributed by atoms with Crippen molar-refractivity contribution in [3.63, 3.8) is 0 Å². The van der Waals surface area contributed by atoms with E-state index < -0.39 is 41.7 Å². The molecule has 176 valence electrons. The SMILES string of the molecule is COc1ccc(-c2ccc(O[C@H]3SC[C@@H](OC(C)=O)[C@H](OC(C)=O)[C@H]3OC(C)=O)cn2)cn1. The number of rotatable bonds is 7. The molecule has 0 aromatic carbocycles. The van der Waals surface area contributed by atoms with Crippen molar-refractivity contribution in [2.45, 2.75) is 44.5 Å². The van der Waals surface area contributed by atoms with Crippen LogP contribution in [-0.4, -0.2) is 64.5 Å². The molecule has 33 heavy (non-hydrogen) atoms.